The Morgan fingerprint density at radius 2 is 1.88 bits per heavy atom. The van der Waals surface area contributed by atoms with Gasteiger partial charge in [0.25, 0.3) is 5.91 Å². The van der Waals surface area contributed by atoms with Crippen molar-refractivity contribution in [3.8, 4) is 23.0 Å². The van der Waals surface area contributed by atoms with Crippen LogP contribution in [0.2, 0.25) is 0 Å². The molecular formula is C18H16N2O4. The molecule has 3 aromatic rings. The monoisotopic (exact) mass is 324 g/mol. The number of ether oxygens (including phenoxy) is 2. The number of benzene rings is 2. The summed E-state index contributed by atoms with van der Waals surface area (Å²) < 4.78 is 15.9. The number of amides is 1. The first-order valence-corrected chi connectivity index (χ1v) is 7.26. The summed E-state index contributed by atoms with van der Waals surface area (Å²) in [6, 6.07) is 14.5. The second-order valence-corrected chi connectivity index (χ2v) is 4.92. The van der Waals surface area contributed by atoms with E-state index in [4.69, 9.17) is 13.9 Å². The molecule has 3 rings (SSSR count). The minimum atomic E-state index is -0.420. The average molecular weight is 324 g/mol. The number of hydrogen-bond donors (Lipinski definition) is 1. The number of nitrogens with one attached hydrogen (secondary N) is 1. The lowest BCUT2D eigenvalue weighted by Gasteiger charge is -2.10. The van der Waals surface area contributed by atoms with Crippen LogP contribution < -0.4 is 14.8 Å². The maximum absolute atomic E-state index is 12.4. The third kappa shape index (κ3) is 3.22. The van der Waals surface area contributed by atoms with E-state index in [9.17, 15) is 4.79 Å². The first kappa shape index (κ1) is 15.6. The van der Waals surface area contributed by atoms with Crippen LogP contribution in [0.1, 0.15) is 10.6 Å². The summed E-state index contributed by atoms with van der Waals surface area (Å²) in [4.78, 5) is 16.5. The molecular weight excluding hydrogens is 308 g/mol. The fraction of sp³-hybridized carbons (Fsp3) is 0.111. The lowest BCUT2D eigenvalue weighted by atomic mass is 10.2. The van der Waals surface area contributed by atoms with Gasteiger partial charge in [0.1, 0.15) is 11.5 Å². The number of nitrogens with zero attached hydrogens (tertiary/aromatic N) is 1. The summed E-state index contributed by atoms with van der Waals surface area (Å²) >= 11 is 0. The largest absolute Gasteiger partial charge is 0.497 e. The van der Waals surface area contributed by atoms with Gasteiger partial charge in [-0.2, -0.15) is 0 Å². The van der Waals surface area contributed by atoms with Gasteiger partial charge in [-0.15, -0.1) is 0 Å². The maximum atomic E-state index is 12.4. The Balaban J connectivity index is 1.82. The van der Waals surface area contributed by atoms with Gasteiger partial charge < -0.3 is 19.2 Å². The second-order valence-electron chi connectivity index (χ2n) is 4.92. The molecule has 6 heteroatoms. The van der Waals surface area contributed by atoms with Gasteiger partial charge in [0.05, 0.1) is 26.1 Å². The van der Waals surface area contributed by atoms with E-state index in [1.807, 2.05) is 30.3 Å². The van der Waals surface area contributed by atoms with Crippen molar-refractivity contribution in [2.24, 2.45) is 0 Å². The zero-order valence-electron chi connectivity index (χ0n) is 13.3. The number of methoxy groups -OCH3 is 2. The van der Waals surface area contributed by atoms with Crippen LogP contribution in [-0.4, -0.2) is 25.1 Å². The van der Waals surface area contributed by atoms with Crippen LogP contribution in [0.15, 0.2) is 59.1 Å². The van der Waals surface area contributed by atoms with Crippen LogP contribution in [0.25, 0.3) is 11.5 Å². The Morgan fingerprint density at radius 3 is 2.58 bits per heavy atom. The summed E-state index contributed by atoms with van der Waals surface area (Å²) in [5.74, 6) is 1.20. The summed E-state index contributed by atoms with van der Waals surface area (Å²) in [5, 5.41) is 2.74. The Hall–Kier alpha value is -3.28. The molecule has 1 aromatic heterocycles. The number of hydrogen-bond acceptors (Lipinski definition) is 5. The summed E-state index contributed by atoms with van der Waals surface area (Å²) in [7, 11) is 3.08. The highest BCUT2D eigenvalue weighted by molar-refractivity contribution is 6.03. The first-order valence-electron chi connectivity index (χ1n) is 7.26. The van der Waals surface area contributed by atoms with E-state index in [2.05, 4.69) is 10.3 Å². The summed E-state index contributed by atoms with van der Waals surface area (Å²) in [6.45, 7) is 0. The van der Waals surface area contributed by atoms with Gasteiger partial charge in [0.15, 0.2) is 0 Å². The van der Waals surface area contributed by atoms with Crippen molar-refractivity contribution in [3.05, 3.63) is 60.5 Å². The van der Waals surface area contributed by atoms with Crippen LogP contribution in [-0.2, 0) is 0 Å². The predicted octanol–water partition coefficient (Wildman–Crippen LogP) is 3.61. The number of carbonyl (C=O) groups is 1. The molecule has 0 atom stereocenters. The Labute approximate surface area is 139 Å². The van der Waals surface area contributed by atoms with E-state index in [-0.39, 0.29) is 5.76 Å². The molecule has 122 valence electrons. The van der Waals surface area contributed by atoms with E-state index in [0.29, 0.717) is 23.1 Å². The quantitative estimate of drug-likeness (QED) is 0.776. The van der Waals surface area contributed by atoms with Crippen molar-refractivity contribution in [2.75, 3.05) is 19.5 Å². The second kappa shape index (κ2) is 6.87. The van der Waals surface area contributed by atoms with Gasteiger partial charge in [-0.25, -0.2) is 4.98 Å². The molecule has 2 aromatic carbocycles. The molecule has 0 unspecified atom stereocenters. The molecule has 0 saturated heterocycles. The third-order valence-corrected chi connectivity index (χ3v) is 3.41. The van der Waals surface area contributed by atoms with Gasteiger partial charge in [-0.05, 0) is 24.3 Å². The molecule has 1 heterocycles. The fourth-order valence-electron chi connectivity index (χ4n) is 2.19. The molecule has 0 aliphatic carbocycles. The lowest BCUT2D eigenvalue weighted by molar-refractivity contribution is 0.0997. The van der Waals surface area contributed by atoms with E-state index >= 15 is 0 Å². The van der Waals surface area contributed by atoms with E-state index < -0.39 is 5.91 Å². The number of anilines is 1. The van der Waals surface area contributed by atoms with Crippen LogP contribution >= 0.6 is 0 Å². The van der Waals surface area contributed by atoms with E-state index in [1.54, 1.807) is 25.3 Å². The topological polar surface area (TPSA) is 73.6 Å². The standard InChI is InChI=1S/C18H16N2O4/c1-22-13-8-9-15(23-2)14(10-13)20-17(21)16-11-19-18(24-16)12-6-4-3-5-7-12/h3-11H,1-2H3,(H,20,21). The zero-order valence-corrected chi connectivity index (χ0v) is 13.3. The number of rotatable bonds is 5. The molecule has 0 aliphatic heterocycles. The van der Waals surface area contributed by atoms with Gasteiger partial charge in [-0.3, -0.25) is 4.79 Å². The van der Waals surface area contributed by atoms with Crippen molar-refractivity contribution < 1.29 is 18.7 Å². The minimum Gasteiger partial charge on any atom is -0.497 e. The molecule has 24 heavy (non-hydrogen) atoms. The van der Waals surface area contributed by atoms with Gasteiger partial charge >= 0.3 is 0 Å². The molecule has 0 bridgehead atoms. The van der Waals surface area contributed by atoms with Crippen molar-refractivity contribution in [2.45, 2.75) is 0 Å². The molecule has 1 N–H and O–H groups in total. The fourth-order valence-corrected chi connectivity index (χ4v) is 2.19. The lowest BCUT2D eigenvalue weighted by Crippen LogP contribution is -2.11. The highest BCUT2D eigenvalue weighted by Crippen LogP contribution is 2.29. The molecule has 0 saturated carbocycles. The van der Waals surface area contributed by atoms with Crippen molar-refractivity contribution in [1.29, 1.82) is 0 Å². The number of oxazole rings is 1. The average Bonchev–Trinajstić information content (AvgIpc) is 3.12. The SMILES string of the molecule is COc1ccc(OC)c(NC(=O)c2cnc(-c3ccccc3)o2)c1. The first-order chi connectivity index (χ1) is 11.7. The van der Waals surface area contributed by atoms with Crippen molar-refractivity contribution in [3.63, 3.8) is 0 Å². The molecule has 0 fully saturated rings. The Morgan fingerprint density at radius 1 is 1.08 bits per heavy atom. The van der Waals surface area contributed by atoms with E-state index in [0.717, 1.165) is 5.56 Å². The predicted molar refractivity (Wildman–Crippen MR) is 89.4 cm³/mol. The molecule has 0 aliphatic rings. The van der Waals surface area contributed by atoms with Crippen LogP contribution in [0.3, 0.4) is 0 Å². The summed E-state index contributed by atoms with van der Waals surface area (Å²) in [5.41, 5.74) is 1.29. The van der Waals surface area contributed by atoms with E-state index in [1.165, 1.54) is 13.3 Å². The van der Waals surface area contributed by atoms with Crippen LogP contribution in [0.4, 0.5) is 5.69 Å². The maximum Gasteiger partial charge on any atom is 0.293 e. The van der Waals surface area contributed by atoms with Crippen LogP contribution in [0, 0.1) is 0 Å². The molecule has 6 nitrogen and oxygen atoms in total. The molecule has 0 radical (unpaired) electrons. The third-order valence-electron chi connectivity index (χ3n) is 3.41. The minimum absolute atomic E-state index is 0.110. The van der Waals surface area contributed by atoms with Gasteiger partial charge in [0.2, 0.25) is 11.7 Å². The van der Waals surface area contributed by atoms with Crippen molar-refractivity contribution in [1.82, 2.24) is 4.98 Å². The number of carbonyl (C=O) groups excluding carboxylic acids is 1. The summed E-state index contributed by atoms with van der Waals surface area (Å²) in [6.07, 6.45) is 1.39. The smallest absolute Gasteiger partial charge is 0.293 e. The highest BCUT2D eigenvalue weighted by Gasteiger charge is 2.16. The van der Waals surface area contributed by atoms with Crippen LogP contribution in [0.5, 0.6) is 11.5 Å². The highest BCUT2D eigenvalue weighted by atomic mass is 16.5. The number of aromatic nitrogens is 1. The normalized spacial score (nSPS) is 10.2. The Bertz CT molecular complexity index is 843. The van der Waals surface area contributed by atoms with Crippen molar-refractivity contribution >= 4 is 11.6 Å². The van der Waals surface area contributed by atoms with Gasteiger partial charge in [0, 0.05) is 11.6 Å². The molecule has 1 amide bonds. The zero-order chi connectivity index (χ0) is 16.9. The Kier molecular flexibility index (Phi) is 4.47. The van der Waals surface area contributed by atoms with Gasteiger partial charge in [-0.1, -0.05) is 18.2 Å². The molecule has 0 spiro atoms.